The highest BCUT2D eigenvalue weighted by Gasteiger charge is 2.58. The average molecular weight is 188 g/mol. The molecule has 0 aliphatic heterocycles. The third-order valence-electron chi connectivity index (χ3n) is 3.71. The van der Waals surface area contributed by atoms with Gasteiger partial charge in [0.25, 0.3) is 0 Å². The maximum absolute atomic E-state index is 12.0. The Morgan fingerprint density at radius 1 is 1.21 bits per heavy atom. The predicted octanol–water partition coefficient (Wildman–Crippen LogP) is 3.16. The normalized spacial score (nSPS) is 28.5. The number of rotatable bonds is 2. The number of carbonyl (C=O) groups is 1. The molecule has 0 N–H and O–H groups in total. The molecule has 1 heteroatoms. The molecule has 0 spiro atoms. The molecule has 0 heterocycles. The van der Waals surface area contributed by atoms with Crippen LogP contribution in [0.5, 0.6) is 0 Å². The van der Waals surface area contributed by atoms with Crippen LogP contribution in [-0.4, -0.2) is 5.78 Å². The van der Waals surface area contributed by atoms with Crippen LogP contribution < -0.4 is 0 Å². The first-order valence-corrected chi connectivity index (χ1v) is 5.14. The summed E-state index contributed by atoms with van der Waals surface area (Å²) in [5.41, 5.74) is 1.06. The monoisotopic (exact) mass is 188 g/mol. The van der Waals surface area contributed by atoms with Gasteiger partial charge in [0, 0.05) is 11.5 Å². The summed E-state index contributed by atoms with van der Waals surface area (Å²) >= 11 is 0. The van der Waals surface area contributed by atoms with Crippen molar-refractivity contribution in [3.8, 4) is 0 Å². The topological polar surface area (TPSA) is 17.1 Å². The van der Waals surface area contributed by atoms with Gasteiger partial charge in [-0.2, -0.15) is 0 Å². The van der Waals surface area contributed by atoms with E-state index in [0.717, 1.165) is 5.56 Å². The summed E-state index contributed by atoms with van der Waals surface area (Å²) in [4.78, 5) is 12.0. The Morgan fingerprint density at radius 2 is 1.71 bits per heavy atom. The molecule has 1 aromatic carbocycles. The number of hydrogen-bond acceptors (Lipinski definition) is 1. The van der Waals surface area contributed by atoms with Crippen molar-refractivity contribution in [2.24, 2.45) is 17.3 Å². The largest absolute Gasteiger partial charge is 0.294 e. The van der Waals surface area contributed by atoms with Crippen LogP contribution in [-0.2, 0) is 0 Å². The zero-order valence-corrected chi connectivity index (χ0v) is 8.95. The maximum Gasteiger partial charge on any atom is 0.166 e. The third kappa shape index (κ3) is 1.28. The lowest BCUT2D eigenvalue weighted by Gasteiger charge is -2.01. The Hall–Kier alpha value is -1.11. The lowest BCUT2D eigenvalue weighted by molar-refractivity contribution is 0.0950. The molecule has 0 saturated heterocycles. The summed E-state index contributed by atoms with van der Waals surface area (Å²) < 4.78 is 0. The van der Waals surface area contributed by atoms with Gasteiger partial charge in [-0.1, -0.05) is 51.1 Å². The fraction of sp³-hybridized carbons (Fsp3) is 0.462. The van der Waals surface area contributed by atoms with Crippen LogP contribution in [0.1, 0.15) is 31.1 Å². The molecule has 2 rings (SSSR count). The first-order chi connectivity index (χ1) is 6.55. The van der Waals surface area contributed by atoms with Gasteiger partial charge in [-0.3, -0.25) is 4.79 Å². The predicted molar refractivity (Wildman–Crippen MR) is 57.2 cm³/mol. The third-order valence-corrected chi connectivity index (χ3v) is 3.71. The molecule has 1 aromatic rings. The summed E-state index contributed by atoms with van der Waals surface area (Å²) in [5, 5.41) is 0. The fourth-order valence-electron chi connectivity index (χ4n) is 2.24. The van der Waals surface area contributed by atoms with Crippen molar-refractivity contribution >= 4 is 5.78 Å². The number of Topliss-reactive ketones (excluding diaryl/α,β-unsaturated/α-hetero) is 1. The van der Waals surface area contributed by atoms with E-state index < -0.39 is 0 Å². The molecule has 1 aliphatic rings. The Bertz CT molecular complexity index is 351. The molecular weight excluding hydrogens is 172 g/mol. The number of carbonyl (C=O) groups excluding carboxylic acids is 1. The van der Waals surface area contributed by atoms with Crippen LogP contribution in [0.15, 0.2) is 30.3 Å². The van der Waals surface area contributed by atoms with Gasteiger partial charge in [-0.05, 0) is 11.3 Å². The van der Waals surface area contributed by atoms with Crippen molar-refractivity contribution in [3.05, 3.63) is 35.9 Å². The van der Waals surface area contributed by atoms with Gasteiger partial charge in [-0.25, -0.2) is 0 Å². The zero-order valence-electron chi connectivity index (χ0n) is 8.95. The second-order valence-electron chi connectivity index (χ2n) is 4.82. The highest BCUT2D eigenvalue weighted by Crippen LogP contribution is 2.58. The van der Waals surface area contributed by atoms with Crippen molar-refractivity contribution < 1.29 is 4.79 Å². The molecule has 0 amide bonds. The van der Waals surface area contributed by atoms with E-state index in [1.54, 1.807) is 0 Å². The molecular formula is C13H16O. The highest BCUT2D eigenvalue weighted by molar-refractivity contribution is 6.00. The molecule has 1 saturated carbocycles. The smallest absolute Gasteiger partial charge is 0.166 e. The summed E-state index contributed by atoms with van der Waals surface area (Å²) in [6.45, 7) is 6.50. The second kappa shape index (κ2) is 2.94. The lowest BCUT2D eigenvalue weighted by Crippen LogP contribution is -2.06. The van der Waals surface area contributed by atoms with Crippen molar-refractivity contribution in [2.75, 3.05) is 0 Å². The molecule has 1 nitrogen and oxygen atoms in total. The summed E-state index contributed by atoms with van der Waals surface area (Å²) in [7, 11) is 0. The van der Waals surface area contributed by atoms with E-state index in [1.807, 2.05) is 30.3 Å². The first kappa shape index (κ1) is 9.45. The van der Waals surface area contributed by atoms with E-state index in [0.29, 0.717) is 11.7 Å². The standard InChI is InChI=1S/C13H16O/c1-9-11(13(9,2)3)12(14)10-7-5-4-6-8-10/h4-9,11H,1-3H3/t9-,11+/m1/s1. The lowest BCUT2D eigenvalue weighted by atomic mass is 10.0. The van der Waals surface area contributed by atoms with E-state index >= 15 is 0 Å². The Balaban J connectivity index is 2.20. The molecule has 0 unspecified atom stereocenters. The number of benzene rings is 1. The minimum atomic E-state index is 0.201. The van der Waals surface area contributed by atoms with Crippen molar-refractivity contribution in [2.45, 2.75) is 20.8 Å². The van der Waals surface area contributed by atoms with Crippen LogP contribution in [0.4, 0.5) is 0 Å². The molecule has 2 atom stereocenters. The van der Waals surface area contributed by atoms with Crippen molar-refractivity contribution in [1.82, 2.24) is 0 Å². The number of hydrogen-bond donors (Lipinski definition) is 0. The molecule has 74 valence electrons. The molecule has 1 fully saturated rings. The zero-order chi connectivity index (χ0) is 10.3. The molecule has 0 radical (unpaired) electrons. The fourth-order valence-corrected chi connectivity index (χ4v) is 2.24. The second-order valence-corrected chi connectivity index (χ2v) is 4.82. The van der Waals surface area contributed by atoms with Gasteiger partial charge in [0.2, 0.25) is 0 Å². The van der Waals surface area contributed by atoms with Gasteiger partial charge in [0.1, 0.15) is 0 Å². The van der Waals surface area contributed by atoms with E-state index in [-0.39, 0.29) is 11.3 Å². The summed E-state index contributed by atoms with van der Waals surface area (Å²) in [6.07, 6.45) is 0. The van der Waals surface area contributed by atoms with Gasteiger partial charge < -0.3 is 0 Å². The minimum Gasteiger partial charge on any atom is -0.294 e. The number of ketones is 1. The van der Waals surface area contributed by atoms with Crippen molar-refractivity contribution in [3.63, 3.8) is 0 Å². The Kier molecular flexibility index (Phi) is 1.99. The van der Waals surface area contributed by atoms with E-state index in [1.165, 1.54) is 0 Å². The van der Waals surface area contributed by atoms with Gasteiger partial charge in [-0.15, -0.1) is 0 Å². The summed E-state index contributed by atoms with van der Waals surface area (Å²) in [5.74, 6) is 1.06. The van der Waals surface area contributed by atoms with Crippen LogP contribution in [0.2, 0.25) is 0 Å². The highest BCUT2D eigenvalue weighted by atomic mass is 16.1. The molecule has 0 aromatic heterocycles. The Labute approximate surface area is 85.1 Å². The minimum absolute atomic E-state index is 0.201. The van der Waals surface area contributed by atoms with Gasteiger partial charge in [0.15, 0.2) is 5.78 Å². The average Bonchev–Trinajstić information content (AvgIpc) is 2.67. The SMILES string of the molecule is C[C@@H]1[C@@H](C(=O)c2ccccc2)C1(C)C. The van der Waals surface area contributed by atoms with Crippen molar-refractivity contribution in [1.29, 1.82) is 0 Å². The van der Waals surface area contributed by atoms with Crippen LogP contribution in [0, 0.1) is 17.3 Å². The van der Waals surface area contributed by atoms with Gasteiger partial charge >= 0.3 is 0 Å². The van der Waals surface area contributed by atoms with E-state index in [2.05, 4.69) is 20.8 Å². The molecule has 1 aliphatic carbocycles. The quantitative estimate of drug-likeness (QED) is 0.651. The van der Waals surface area contributed by atoms with Crippen LogP contribution in [0.3, 0.4) is 0 Å². The maximum atomic E-state index is 12.0. The van der Waals surface area contributed by atoms with Crippen LogP contribution >= 0.6 is 0 Å². The van der Waals surface area contributed by atoms with E-state index in [9.17, 15) is 4.79 Å². The van der Waals surface area contributed by atoms with Crippen LogP contribution in [0.25, 0.3) is 0 Å². The van der Waals surface area contributed by atoms with Gasteiger partial charge in [0.05, 0.1) is 0 Å². The van der Waals surface area contributed by atoms with E-state index in [4.69, 9.17) is 0 Å². The summed E-state index contributed by atoms with van der Waals surface area (Å²) in [6, 6.07) is 9.60. The first-order valence-electron chi connectivity index (χ1n) is 5.14. The molecule has 14 heavy (non-hydrogen) atoms. The Morgan fingerprint density at radius 3 is 2.14 bits per heavy atom. The molecule has 0 bridgehead atoms.